The minimum Gasteiger partial charge on any atom is -0.431 e. The van der Waals surface area contributed by atoms with Gasteiger partial charge in [0.25, 0.3) is 5.22 Å². The predicted molar refractivity (Wildman–Crippen MR) is 145 cm³/mol. The van der Waals surface area contributed by atoms with Gasteiger partial charge < -0.3 is 14.6 Å². The average Bonchev–Trinajstić information content (AvgIpc) is 3.54. The summed E-state index contributed by atoms with van der Waals surface area (Å²) in [6.07, 6.45) is 8.26. The molecule has 0 bridgehead atoms. The molecular weight excluding hydrogens is 498 g/mol. The number of oxazole rings is 1. The molecular formula is C30H35N3O4S. The molecule has 200 valence electrons. The normalized spacial score (nSPS) is 37.8. The van der Waals surface area contributed by atoms with Crippen molar-refractivity contribution in [3.8, 4) is 0 Å². The van der Waals surface area contributed by atoms with Crippen LogP contribution < -0.4 is 0 Å². The minimum absolute atomic E-state index is 0.101. The number of ketones is 1. The summed E-state index contributed by atoms with van der Waals surface area (Å²) in [5.41, 5.74) is 3.05. The maximum atomic E-state index is 13.7. The van der Waals surface area contributed by atoms with Gasteiger partial charge in [-0.05, 0) is 85.5 Å². The molecule has 3 saturated carbocycles. The molecule has 0 aliphatic heterocycles. The van der Waals surface area contributed by atoms with Gasteiger partial charge in [0.15, 0.2) is 11.4 Å². The van der Waals surface area contributed by atoms with Crippen LogP contribution >= 0.6 is 11.8 Å². The predicted octanol–water partition coefficient (Wildman–Crippen LogP) is 4.81. The van der Waals surface area contributed by atoms with Gasteiger partial charge in [0.1, 0.15) is 11.1 Å². The lowest BCUT2D eigenvalue weighted by atomic mass is 9.45. The molecule has 1 aromatic carbocycles. The Morgan fingerprint density at radius 1 is 1.26 bits per heavy atom. The van der Waals surface area contributed by atoms with E-state index in [-0.39, 0.29) is 34.7 Å². The molecule has 7 atom stereocenters. The molecule has 4 aliphatic carbocycles. The number of fused-ring (bicyclic) bond motifs is 7. The van der Waals surface area contributed by atoms with Crippen LogP contribution in [0.15, 0.2) is 45.7 Å². The second-order valence-corrected chi connectivity index (χ2v) is 13.5. The Bertz CT molecular complexity index is 1440. The molecule has 2 heterocycles. The van der Waals surface area contributed by atoms with Crippen LogP contribution in [-0.4, -0.2) is 48.2 Å². The van der Waals surface area contributed by atoms with Gasteiger partial charge in [-0.15, -0.1) is 0 Å². The zero-order valence-corrected chi connectivity index (χ0v) is 23.0. The summed E-state index contributed by atoms with van der Waals surface area (Å²) in [7, 11) is 1.99. The molecule has 0 radical (unpaired) electrons. The van der Waals surface area contributed by atoms with E-state index in [2.05, 4.69) is 30.0 Å². The Kier molecular flexibility index (Phi) is 5.37. The van der Waals surface area contributed by atoms with Crippen LogP contribution in [0.2, 0.25) is 0 Å². The van der Waals surface area contributed by atoms with E-state index < -0.39 is 17.1 Å². The summed E-state index contributed by atoms with van der Waals surface area (Å²) in [5, 5.41) is 28.7. The Morgan fingerprint density at radius 2 is 2.08 bits per heavy atom. The molecule has 2 N–H and O–H groups in total. The van der Waals surface area contributed by atoms with Gasteiger partial charge in [-0.3, -0.25) is 9.48 Å². The molecule has 3 fully saturated rings. The molecule has 4 aliphatic rings. The third kappa shape index (κ3) is 3.26. The van der Waals surface area contributed by atoms with Crippen molar-refractivity contribution in [2.45, 2.75) is 69.3 Å². The van der Waals surface area contributed by atoms with Crippen molar-refractivity contribution in [1.82, 2.24) is 14.8 Å². The summed E-state index contributed by atoms with van der Waals surface area (Å²) < 4.78 is 7.74. The van der Waals surface area contributed by atoms with Gasteiger partial charge in [-0.2, -0.15) is 5.10 Å². The van der Waals surface area contributed by atoms with Crippen molar-refractivity contribution in [2.75, 3.05) is 5.75 Å². The van der Waals surface area contributed by atoms with Gasteiger partial charge in [0, 0.05) is 12.5 Å². The van der Waals surface area contributed by atoms with Gasteiger partial charge in [0.2, 0.25) is 0 Å². The van der Waals surface area contributed by atoms with Crippen LogP contribution in [0.25, 0.3) is 17.2 Å². The topological polar surface area (TPSA) is 101 Å². The first-order valence-corrected chi connectivity index (χ1v) is 14.8. The number of allylic oxidation sites excluding steroid dienone is 1. The Hall–Kier alpha value is -2.42. The van der Waals surface area contributed by atoms with Crippen molar-refractivity contribution in [2.24, 2.45) is 35.6 Å². The molecule has 0 amide bonds. The first kappa shape index (κ1) is 24.6. The standard InChI is InChI=1S/C30H35N3O4S/c1-28-13-17-15-31-33(3)22(17)12-18(28)8-9-19-20-10-11-30(36,29(20,2)14-23(34)26(19)28)25(35)16-38-27-32-21-6-4-5-7-24(21)37-27/h4-7,12,15,19-20,23,26,34,36H,8-11,13-14,16H2,1-3H3/t19?,20?,23-,26?,28?,29?,30-/m0/s1. The Balaban J connectivity index is 1.14. The van der Waals surface area contributed by atoms with E-state index in [1.807, 2.05) is 42.2 Å². The maximum absolute atomic E-state index is 13.7. The average molecular weight is 534 g/mol. The number of hydrogen-bond donors (Lipinski definition) is 2. The van der Waals surface area contributed by atoms with Crippen LogP contribution in [0.4, 0.5) is 0 Å². The van der Waals surface area contributed by atoms with E-state index in [0.717, 1.165) is 31.2 Å². The van der Waals surface area contributed by atoms with Gasteiger partial charge in [0.05, 0.1) is 23.7 Å². The van der Waals surface area contributed by atoms with Crippen molar-refractivity contribution < 1.29 is 19.4 Å². The van der Waals surface area contributed by atoms with E-state index in [4.69, 9.17) is 4.42 Å². The van der Waals surface area contributed by atoms with Crippen LogP contribution in [0.1, 0.15) is 57.2 Å². The molecule has 0 saturated heterocycles. The highest BCUT2D eigenvalue weighted by molar-refractivity contribution is 7.99. The fourth-order valence-corrected chi connectivity index (χ4v) is 9.74. The lowest BCUT2D eigenvalue weighted by Gasteiger charge is -2.60. The van der Waals surface area contributed by atoms with E-state index in [1.54, 1.807) is 0 Å². The molecule has 3 aromatic rings. The van der Waals surface area contributed by atoms with Crippen LogP contribution in [0.3, 0.4) is 0 Å². The molecule has 0 spiro atoms. The number of aliphatic hydroxyl groups excluding tert-OH is 1. The van der Waals surface area contributed by atoms with Crippen LogP contribution in [-0.2, 0) is 18.3 Å². The quantitative estimate of drug-likeness (QED) is 0.464. The number of nitrogens with zero attached hydrogens (tertiary/aromatic N) is 3. The van der Waals surface area contributed by atoms with Crippen molar-refractivity contribution >= 4 is 34.7 Å². The smallest absolute Gasteiger partial charge is 0.257 e. The lowest BCUT2D eigenvalue weighted by Crippen LogP contribution is -2.62. The third-order valence-corrected chi connectivity index (χ3v) is 11.6. The number of aliphatic hydroxyl groups is 2. The van der Waals surface area contributed by atoms with Gasteiger partial charge >= 0.3 is 0 Å². The number of carbonyl (C=O) groups is 1. The molecule has 7 rings (SSSR count). The first-order valence-electron chi connectivity index (χ1n) is 13.8. The zero-order valence-electron chi connectivity index (χ0n) is 22.2. The SMILES string of the molecule is Cn1ncc2c1C=C1CCC3C([C@@H](O)CC4(C)C3CC[C@]4(O)C(=O)CSc3nc4ccccc4o3)C1(C)C2. The second kappa shape index (κ2) is 8.29. The fourth-order valence-electron chi connectivity index (χ4n) is 8.94. The van der Waals surface area contributed by atoms with Gasteiger partial charge in [-0.25, -0.2) is 4.98 Å². The summed E-state index contributed by atoms with van der Waals surface area (Å²) in [6, 6.07) is 7.54. The second-order valence-electron chi connectivity index (χ2n) is 12.5. The van der Waals surface area contributed by atoms with Crippen molar-refractivity contribution in [3.05, 3.63) is 47.3 Å². The number of rotatable bonds is 4. The molecule has 38 heavy (non-hydrogen) atoms. The highest BCUT2D eigenvalue weighted by Gasteiger charge is 2.68. The summed E-state index contributed by atoms with van der Waals surface area (Å²) >= 11 is 1.25. The number of benzene rings is 1. The highest BCUT2D eigenvalue weighted by Crippen LogP contribution is 2.67. The van der Waals surface area contributed by atoms with E-state index >= 15 is 0 Å². The van der Waals surface area contributed by atoms with Crippen molar-refractivity contribution in [3.63, 3.8) is 0 Å². The number of aromatic nitrogens is 3. The van der Waals surface area contributed by atoms with Crippen molar-refractivity contribution in [1.29, 1.82) is 0 Å². The highest BCUT2D eigenvalue weighted by atomic mass is 32.2. The molecule has 5 unspecified atom stereocenters. The third-order valence-electron chi connectivity index (χ3n) is 10.8. The molecule has 7 nitrogen and oxygen atoms in total. The van der Waals surface area contributed by atoms with E-state index in [9.17, 15) is 15.0 Å². The Labute approximate surface area is 226 Å². The number of aryl methyl sites for hydroxylation is 1. The maximum Gasteiger partial charge on any atom is 0.257 e. The largest absolute Gasteiger partial charge is 0.431 e. The summed E-state index contributed by atoms with van der Waals surface area (Å²) in [6.45, 7) is 4.38. The molecule has 2 aromatic heterocycles. The number of thioether (sulfide) groups is 1. The van der Waals surface area contributed by atoms with Crippen LogP contribution in [0, 0.1) is 28.6 Å². The van der Waals surface area contributed by atoms with E-state index in [0.29, 0.717) is 23.6 Å². The Morgan fingerprint density at radius 3 is 2.89 bits per heavy atom. The number of para-hydroxylation sites is 2. The number of Topliss-reactive ketones (excluding diaryl/α,β-unsaturated/α-hetero) is 1. The summed E-state index contributed by atoms with van der Waals surface area (Å²) in [5.74, 6) is 0.509. The summed E-state index contributed by atoms with van der Waals surface area (Å²) in [4.78, 5) is 18.1. The monoisotopic (exact) mass is 533 g/mol. The zero-order chi connectivity index (χ0) is 26.4. The van der Waals surface area contributed by atoms with Gasteiger partial charge in [-0.1, -0.05) is 43.3 Å². The molecule has 8 heteroatoms. The number of hydrogen-bond acceptors (Lipinski definition) is 7. The minimum atomic E-state index is -1.46. The fraction of sp³-hybridized carbons (Fsp3) is 0.567. The van der Waals surface area contributed by atoms with Crippen LogP contribution in [0.5, 0.6) is 0 Å². The van der Waals surface area contributed by atoms with E-state index in [1.165, 1.54) is 28.6 Å². The number of carbonyl (C=O) groups excluding carboxylic acids is 1. The first-order chi connectivity index (χ1) is 18.1. The lowest BCUT2D eigenvalue weighted by molar-refractivity contribution is -0.177.